The van der Waals surface area contributed by atoms with Crippen molar-refractivity contribution in [2.75, 3.05) is 25.5 Å². The number of likely N-dealkylation sites (tertiary alicyclic amines) is 1. The maximum Gasteiger partial charge on any atom is 0.248 e. The minimum atomic E-state index is -0.725. The molecule has 3 N–H and O–H groups in total. The number of carbonyl (C=O) groups excluding carboxylic acids is 3. The fourth-order valence-electron chi connectivity index (χ4n) is 5.53. The molecule has 6 atom stereocenters. The number of rotatable bonds is 6. The van der Waals surface area contributed by atoms with Crippen LogP contribution in [0.1, 0.15) is 19.8 Å². The molecule has 3 aliphatic heterocycles. The van der Waals surface area contributed by atoms with E-state index < -0.39 is 22.6 Å². The van der Waals surface area contributed by atoms with Crippen molar-refractivity contribution in [2.45, 2.75) is 35.8 Å². The number of aliphatic hydroxyl groups is 1. The van der Waals surface area contributed by atoms with E-state index in [1.807, 2.05) is 0 Å². The molecule has 3 amide bonds. The number of nitrogens with one attached hydrogen (secondary N) is 2. The minimum Gasteiger partial charge on any atom is -0.396 e. The van der Waals surface area contributed by atoms with Gasteiger partial charge in [0, 0.05) is 25.4 Å². The molecule has 0 radical (unpaired) electrons. The number of fused-ring (bicyclic) bond motifs is 1. The van der Waals surface area contributed by atoms with Gasteiger partial charge < -0.3 is 20.6 Å². The summed E-state index contributed by atoms with van der Waals surface area (Å²) < 4.78 is -0.667. The van der Waals surface area contributed by atoms with Crippen LogP contribution in [0.15, 0.2) is 24.3 Å². The summed E-state index contributed by atoms with van der Waals surface area (Å²) in [6, 6.07) is 6.26. The van der Waals surface area contributed by atoms with Crippen LogP contribution in [0.5, 0.6) is 0 Å². The van der Waals surface area contributed by atoms with Gasteiger partial charge in [-0.05, 0) is 30.9 Å². The highest BCUT2D eigenvalue weighted by molar-refractivity contribution is 8.02. The SMILES string of the molecule is CNC(=O)[C@@H]1[C@H]2C(=O)N(CCCO)C(C(=O)Nc3ccccc3Cl)C23S[C@@H]1CC3C. The first kappa shape index (κ1) is 21.5. The molecular weight excluding hydrogens is 426 g/mol. The second-order valence-electron chi connectivity index (χ2n) is 8.24. The average molecular weight is 452 g/mol. The van der Waals surface area contributed by atoms with Crippen molar-refractivity contribution in [3.63, 3.8) is 0 Å². The van der Waals surface area contributed by atoms with Crippen LogP contribution >= 0.6 is 23.4 Å². The Balaban J connectivity index is 1.74. The van der Waals surface area contributed by atoms with Gasteiger partial charge in [0.2, 0.25) is 17.7 Å². The first-order chi connectivity index (χ1) is 14.4. The molecule has 3 fully saturated rings. The van der Waals surface area contributed by atoms with Crippen molar-refractivity contribution in [3.05, 3.63) is 29.3 Å². The molecule has 3 aliphatic rings. The maximum absolute atomic E-state index is 13.6. The zero-order valence-electron chi connectivity index (χ0n) is 16.9. The van der Waals surface area contributed by atoms with E-state index in [1.54, 1.807) is 48.0 Å². The molecule has 1 spiro atoms. The Morgan fingerprint density at radius 3 is 2.73 bits per heavy atom. The van der Waals surface area contributed by atoms with Crippen LogP contribution in [0.4, 0.5) is 5.69 Å². The van der Waals surface area contributed by atoms with Gasteiger partial charge in [-0.25, -0.2) is 0 Å². The lowest BCUT2D eigenvalue weighted by molar-refractivity contribution is -0.139. The molecule has 0 saturated carbocycles. The van der Waals surface area contributed by atoms with Crippen LogP contribution in [0.2, 0.25) is 5.02 Å². The van der Waals surface area contributed by atoms with Gasteiger partial charge in [0.15, 0.2) is 0 Å². The summed E-state index contributed by atoms with van der Waals surface area (Å²) in [5.74, 6) is -1.50. The Kier molecular flexibility index (Phi) is 5.76. The number of hydrogen-bond acceptors (Lipinski definition) is 5. The highest BCUT2D eigenvalue weighted by atomic mass is 35.5. The second kappa shape index (κ2) is 8.05. The first-order valence-corrected chi connectivity index (χ1v) is 11.5. The van der Waals surface area contributed by atoms with E-state index in [4.69, 9.17) is 11.6 Å². The van der Waals surface area contributed by atoms with Crippen LogP contribution in [-0.2, 0) is 14.4 Å². The largest absolute Gasteiger partial charge is 0.396 e. The molecule has 7 nitrogen and oxygen atoms in total. The Morgan fingerprint density at radius 1 is 1.33 bits per heavy atom. The quantitative estimate of drug-likeness (QED) is 0.612. The standard InChI is InChI=1S/C21H26ClN3O4S/c1-11-10-14-15(18(27)23-2)16-20(29)25(8-5-9-26)17(21(11,16)30-14)19(28)24-13-7-4-3-6-12(13)22/h3-4,6-7,11,14-17,26H,5,8-10H2,1-2H3,(H,23,27)(H,24,28)/t11?,14-,15+,16+,17?,21?/m1/s1. The van der Waals surface area contributed by atoms with Gasteiger partial charge in [0.25, 0.3) is 0 Å². The Bertz CT molecular complexity index is 884. The molecule has 1 aromatic rings. The molecule has 162 valence electrons. The van der Waals surface area contributed by atoms with Crippen LogP contribution < -0.4 is 10.6 Å². The van der Waals surface area contributed by atoms with Crippen molar-refractivity contribution >= 4 is 46.8 Å². The van der Waals surface area contributed by atoms with Gasteiger partial charge in [-0.1, -0.05) is 30.7 Å². The van der Waals surface area contributed by atoms with Crippen molar-refractivity contribution < 1.29 is 19.5 Å². The van der Waals surface area contributed by atoms with Crippen LogP contribution in [0, 0.1) is 17.8 Å². The normalized spacial score (nSPS) is 34.2. The molecule has 3 heterocycles. The predicted molar refractivity (Wildman–Crippen MR) is 116 cm³/mol. The second-order valence-corrected chi connectivity index (χ2v) is 10.2. The molecule has 4 rings (SSSR count). The zero-order chi connectivity index (χ0) is 21.6. The lowest BCUT2D eigenvalue weighted by Crippen LogP contribution is -2.55. The highest BCUT2D eigenvalue weighted by Gasteiger charge is 2.75. The minimum absolute atomic E-state index is 0.0181. The summed E-state index contributed by atoms with van der Waals surface area (Å²) in [5.41, 5.74) is 0.492. The van der Waals surface area contributed by atoms with E-state index in [-0.39, 0.29) is 42.0 Å². The molecule has 9 heteroatoms. The number of benzene rings is 1. The van der Waals surface area contributed by atoms with Crippen molar-refractivity contribution in [1.29, 1.82) is 0 Å². The molecule has 3 saturated heterocycles. The average Bonchev–Trinajstić information content (AvgIpc) is 3.31. The predicted octanol–water partition coefficient (Wildman–Crippen LogP) is 1.74. The van der Waals surface area contributed by atoms with E-state index in [2.05, 4.69) is 17.6 Å². The molecular formula is C21H26ClN3O4S. The Hall–Kier alpha value is -1.77. The van der Waals surface area contributed by atoms with E-state index in [0.29, 0.717) is 17.1 Å². The third-order valence-corrected chi connectivity index (χ3v) is 9.14. The van der Waals surface area contributed by atoms with Crippen molar-refractivity contribution in [1.82, 2.24) is 10.2 Å². The van der Waals surface area contributed by atoms with Crippen molar-refractivity contribution in [2.24, 2.45) is 17.8 Å². The number of aliphatic hydroxyl groups excluding tert-OH is 1. The van der Waals surface area contributed by atoms with Gasteiger partial charge >= 0.3 is 0 Å². The zero-order valence-corrected chi connectivity index (χ0v) is 18.5. The van der Waals surface area contributed by atoms with Crippen molar-refractivity contribution in [3.8, 4) is 0 Å². The number of para-hydroxylation sites is 1. The summed E-state index contributed by atoms with van der Waals surface area (Å²) >= 11 is 7.86. The van der Waals surface area contributed by atoms with E-state index in [9.17, 15) is 19.5 Å². The van der Waals surface area contributed by atoms with Crippen LogP contribution in [-0.4, -0.2) is 64.0 Å². The summed E-state index contributed by atoms with van der Waals surface area (Å²) in [5, 5.41) is 15.4. The summed E-state index contributed by atoms with van der Waals surface area (Å²) in [6.45, 7) is 2.26. The summed E-state index contributed by atoms with van der Waals surface area (Å²) in [6.07, 6.45) is 1.16. The lowest BCUT2D eigenvalue weighted by Gasteiger charge is -2.38. The van der Waals surface area contributed by atoms with E-state index >= 15 is 0 Å². The van der Waals surface area contributed by atoms with Gasteiger partial charge in [0.1, 0.15) is 6.04 Å². The molecule has 30 heavy (non-hydrogen) atoms. The number of anilines is 1. The van der Waals surface area contributed by atoms with E-state index in [1.165, 1.54) is 0 Å². The van der Waals surface area contributed by atoms with Gasteiger partial charge in [0.05, 0.1) is 27.3 Å². The van der Waals surface area contributed by atoms with Crippen LogP contribution in [0.25, 0.3) is 0 Å². The molecule has 0 aromatic heterocycles. The maximum atomic E-state index is 13.6. The molecule has 2 bridgehead atoms. The fraction of sp³-hybridized carbons (Fsp3) is 0.571. The Labute approximate surface area is 184 Å². The third-order valence-electron chi connectivity index (χ3n) is 6.73. The molecule has 0 aliphatic carbocycles. The van der Waals surface area contributed by atoms with Gasteiger partial charge in [-0.2, -0.15) is 0 Å². The first-order valence-electron chi connectivity index (χ1n) is 10.2. The number of amides is 3. The number of thioether (sulfide) groups is 1. The highest BCUT2D eigenvalue weighted by Crippen LogP contribution is 2.68. The number of carbonyl (C=O) groups is 3. The lowest BCUT2D eigenvalue weighted by atomic mass is 9.66. The smallest absolute Gasteiger partial charge is 0.248 e. The fourth-order valence-corrected chi connectivity index (χ4v) is 8.14. The molecule has 3 unspecified atom stereocenters. The monoisotopic (exact) mass is 451 g/mol. The summed E-state index contributed by atoms with van der Waals surface area (Å²) in [4.78, 5) is 41.3. The van der Waals surface area contributed by atoms with Crippen LogP contribution in [0.3, 0.4) is 0 Å². The molecule has 1 aromatic carbocycles. The summed E-state index contributed by atoms with van der Waals surface area (Å²) in [7, 11) is 1.58. The van der Waals surface area contributed by atoms with E-state index in [0.717, 1.165) is 6.42 Å². The number of hydrogen-bond donors (Lipinski definition) is 3. The van der Waals surface area contributed by atoms with Gasteiger partial charge in [-0.15, -0.1) is 11.8 Å². The number of nitrogens with zero attached hydrogens (tertiary/aromatic N) is 1. The van der Waals surface area contributed by atoms with Gasteiger partial charge in [-0.3, -0.25) is 14.4 Å². The topological polar surface area (TPSA) is 98.7 Å². The third kappa shape index (κ3) is 3.03. The Morgan fingerprint density at radius 2 is 2.07 bits per heavy atom. The number of halogens is 1.